The lowest BCUT2D eigenvalue weighted by Crippen LogP contribution is -2.51. The molecule has 0 aliphatic carbocycles. The second kappa shape index (κ2) is 4.09. The van der Waals surface area contributed by atoms with Crippen LogP contribution in [0.3, 0.4) is 0 Å². The van der Waals surface area contributed by atoms with Crippen LogP contribution < -0.4 is 4.78 Å². The van der Waals surface area contributed by atoms with E-state index in [1.165, 1.54) is 0 Å². The molecule has 0 bridgehead atoms. The maximum Gasteiger partial charge on any atom is 0.506 e. The van der Waals surface area contributed by atoms with Crippen molar-refractivity contribution in [3.8, 4) is 0 Å². The first-order valence-corrected chi connectivity index (χ1v) is 6.30. The third-order valence-corrected chi connectivity index (χ3v) is 3.80. The normalized spacial score (nSPS) is 25.6. The molecule has 1 saturated heterocycles. The standard InChI is InChI=1S/C10H14BClO2S/c1-7-6-10(2,3)14-11(13-7)9-8(12)4-5-15-9/h4-5,7H,6H2,1-3H3. The van der Waals surface area contributed by atoms with Gasteiger partial charge in [0.1, 0.15) is 0 Å². The van der Waals surface area contributed by atoms with E-state index in [0.29, 0.717) is 0 Å². The molecular weight excluding hydrogens is 230 g/mol. The summed E-state index contributed by atoms with van der Waals surface area (Å²) in [5.41, 5.74) is -0.143. The summed E-state index contributed by atoms with van der Waals surface area (Å²) < 4.78 is 12.6. The number of hydrogen-bond acceptors (Lipinski definition) is 3. The van der Waals surface area contributed by atoms with Crippen LogP contribution in [-0.4, -0.2) is 18.8 Å². The molecule has 82 valence electrons. The van der Waals surface area contributed by atoms with E-state index in [0.717, 1.165) is 16.2 Å². The van der Waals surface area contributed by atoms with Gasteiger partial charge in [0, 0.05) is 6.10 Å². The van der Waals surface area contributed by atoms with Crippen molar-refractivity contribution in [1.82, 2.24) is 0 Å². The van der Waals surface area contributed by atoms with E-state index in [-0.39, 0.29) is 18.8 Å². The van der Waals surface area contributed by atoms with Crippen LogP contribution in [0.4, 0.5) is 0 Å². The molecule has 1 aliphatic heterocycles. The van der Waals surface area contributed by atoms with Gasteiger partial charge in [0.25, 0.3) is 0 Å². The van der Waals surface area contributed by atoms with Gasteiger partial charge in [-0.2, -0.15) is 11.3 Å². The topological polar surface area (TPSA) is 18.5 Å². The Hall–Kier alpha value is -0.0251. The highest BCUT2D eigenvalue weighted by Crippen LogP contribution is 2.27. The molecule has 1 aromatic rings. The maximum atomic E-state index is 6.06. The minimum absolute atomic E-state index is 0.143. The van der Waals surface area contributed by atoms with Gasteiger partial charge in [0.15, 0.2) is 0 Å². The summed E-state index contributed by atoms with van der Waals surface area (Å²) in [6.45, 7) is 6.24. The van der Waals surface area contributed by atoms with E-state index < -0.39 is 0 Å². The quantitative estimate of drug-likeness (QED) is 0.707. The molecule has 1 unspecified atom stereocenters. The van der Waals surface area contributed by atoms with Gasteiger partial charge in [-0.15, -0.1) is 0 Å². The molecule has 1 fully saturated rings. The van der Waals surface area contributed by atoms with Crippen LogP contribution in [0.15, 0.2) is 11.4 Å². The summed E-state index contributed by atoms with van der Waals surface area (Å²) in [6.07, 6.45) is 1.11. The zero-order valence-corrected chi connectivity index (χ0v) is 10.7. The largest absolute Gasteiger partial charge is 0.506 e. The molecular formula is C10H14BClO2S. The van der Waals surface area contributed by atoms with Gasteiger partial charge in [0.2, 0.25) is 0 Å². The molecule has 0 saturated carbocycles. The maximum absolute atomic E-state index is 6.06. The monoisotopic (exact) mass is 244 g/mol. The molecule has 1 aliphatic rings. The predicted octanol–water partition coefficient (Wildman–Crippen LogP) is 2.70. The Kier molecular flexibility index (Phi) is 3.13. The average Bonchev–Trinajstić information content (AvgIpc) is 2.47. The van der Waals surface area contributed by atoms with Crippen LogP contribution >= 0.6 is 22.9 Å². The van der Waals surface area contributed by atoms with Crippen LogP contribution in [0.1, 0.15) is 27.2 Å². The van der Waals surface area contributed by atoms with Crippen molar-refractivity contribution in [3.63, 3.8) is 0 Å². The Labute approximate surface area is 99.7 Å². The lowest BCUT2D eigenvalue weighted by atomic mass is 9.81. The first-order chi connectivity index (χ1) is 6.98. The number of rotatable bonds is 1. The summed E-state index contributed by atoms with van der Waals surface area (Å²) in [4.78, 5) is 0. The smallest absolute Gasteiger partial charge is 0.404 e. The second-order valence-corrected chi connectivity index (χ2v) is 5.85. The van der Waals surface area contributed by atoms with E-state index in [1.54, 1.807) is 11.3 Å². The van der Waals surface area contributed by atoms with E-state index >= 15 is 0 Å². The van der Waals surface area contributed by atoms with Crippen LogP contribution in [0.2, 0.25) is 5.02 Å². The van der Waals surface area contributed by atoms with Gasteiger partial charge in [-0.1, -0.05) is 11.6 Å². The van der Waals surface area contributed by atoms with Gasteiger partial charge in [-0.25, -0.2) is 0 Å². The number of hydrogen-bond donors (Lipinski definition) is 0. The van der Waals surface area contributed by atoms with Gasteiger partial charge >= 0.3 is 7.12 Å². The molecule has 2 rings (SSSR count). The summed E-state index contributed by atoms with van der Waals surface area (Å²) in [7, 11) is -0.309. The summed E-state index contributed by atoms with van der Waals surface area (Å²) in [6, 6.07) is 1.88. The first kappa shape index (κ1) is 11.5. The SMILES string of the molecule is CC1CC(C)(C)OB(c2sccc2Cl)O1. The third kappa shape index (κ3) is 2.56. The Morgan fingerprint density at radius 3 is 2.87 bits per heavy atom. The summed E-state index contributed by atoms with van der Waals surface area (Å²) in [5.74, 6) is 0. The molecule has 0 spiro atoms. The van der Waals surface area contributed by atoms with Crippen LogP contribution in [0.25, 0.3) is 0 Å². The van der Waals surface area contributed by atoms with Crippen LogP contribution in [0, 0.1) is 0 Å². The van der Waals surface area contributed by atoms with Crippen molar-refractivity contribution in [2.75, 3.05) is 0 Å². The van der Waals surface area contributed by atoms with E-state index in [4.69, 9.17) is 20.9 Å². The number of thiophene rings is 1. The molecule has 1 atom stereocenters. The summed E-state index contributed by atoms with van der Waals surface area (Å²) >= 11 is 7.64. The van der Waals surface area contributed by atoms with Crippen molar-refractivity contribution in [3.05, 3.63) is 16.5 Å². The highest BCUT2D eigenvalue weighted by molar-refractivity contribution is 7.21. The Morgan fingerprint density at radius 1 is 1.60 bits per heavy atom. The van der Waals surface area contributed by atoms with Crippen molar-refractivity contribution in [2.45, 2.75) is 38.9 Å². The van der Waals surface area contributed by atoms with Gasteiger partial charge in [0.05, 0.1) is 15.4 Å². The predicted molar refractivity (Wildman–Crippen MR) is 65.0 cm³/mol. The highest BCUT2D eigenvalue weighted by Gasteiger charge is 2.39. The Morgan fingerprint density at radius 2 is 2.33 bits per heavy atom. The van der Waals surface area contributed by atoms with Crippen molar-refractivity contribution < 1.29 is 9.31 Å². The third-order valence-electron chi connectivity index (χ3n) is 2.42. The molecule has 0 aromatic carbocycles. The molecule has 0 amide bonds. The van der Waals surface area contributed by atoms with E-state index in [2.05, 4.69) is 20.8 Å². The minimum Gasteiger partial charge on any atom is -0.404 e. The van der Waals surface area contributed by atoms with E-state index in [1.807, 2.05) is 11.4 Å². The van der Waals surface area contributed by atoms with Crippen molar-refractivity contribution in [2.24, 2.45) is 0 Å². The molecule has 15 heavy (non-hydrogen) atoms. The highest BCUT2D eigenvalue weighted by atomic mass is 35.5. The van der Waals surface area contributed by atoms with Gasteiger partial charge in [-0.3, -0.25) is 0 Å². The van der Waals surface area contributed by atoms with Gasteiger partial charge in [-0.05, 0) is 38.6 Å². The Balaban J connectivity index is 2.20. The Bertz CT molecular complexity index is 353. The zero-order chi connectivity index (χ0) is 11.1. The zero-order valence-electron chi connectivity index (χ0n) is 9.12. The molecule has 0 radical (unpaired) electrons. The average molecular weight is 245 g/mol. The lowest BCUT2D eigenvalue weighted by Gasteiger charge is -2.37. The summed E-state index contributed by atoms with van der Waals surface area (Å²) in [5, 5.41) is 2.69. The van der Waals surface area contributed by atoms with Gasteiger partial charge < -0.3 is 9.31 Å². The second-order valence-electron chi connectivity index (χ2n) is 4.49. The van der Waals surface area contributed by atoms with Crippen LogP contribution in [0.5, 0.6) is 0 Å². The number of halogens is 1. The molecule has 5 heteroatoms. The fraction of sp³-hybridized carbons (Fsp3) is 0.600. The molecule has 2 nitrogen and oxygen atoms in total. The van der Waals surface area contributed by atoms with Crippen LogP contribution in [-0.2, 0) is 9.31 Å². The molecule has 0 N–H and O–H groups in total. The molecule has 2 heterocycles. The minimum atomic E-state index is -0.309. The fourth-order valence-electron chi connectivity index (χ4n) is 1.91. The van der Waals surface area contributed by atoms with E-state index in [9.17, 15) is 0 Å². The van der Waals surface area contributed by atoms with Crippen molar-refractivity contribution in [1.29, 1.82) is 0 Å². The van der Waals surface area contributed by atoms with Crippen molar-refractivity contribution >= 4 is 34.8 Å². The first-order valence-electron chi connectivity index (χ1n) is 5.04. The fourth-order valence-corrected chi connectivity index (χ4v) is 3.01. The molecule has 1 aromatic heterocycles. The lowest BCUT2D eigenvalue weighted by molar-refractivity contribution is -0.0226.